The molecule has 112 valence electrons. The summed E-state index contributed by atoms with van der Waals surface area (Å²) in [6, 6.07) is 15.5. The van der Waals surface area contributed by atoms with Gasteiger partial charge in [0.15, 0.2) is 0 Å². The van der Waals surface area contributed by atoms with Crippen molar-refractivity contribution in [1.29, 1.82) is 5.26 Å². The summed E-state index contributed by atoms with van der Waals surface area (Å²) in [7, 11) is 0. The van der Waals surface area contributed by atoms with E-state index < -0.39 is 0 Å². The first kappa shape index (κ1) is 16.1. The normalized spacial score (nSPS) is 10.0. The first-order valence-corrected chi connectivity index (χ1v) is 8.18. The van der Waals surface area contributed by atoms with Gasteiger partial charge in [0, 0.05) is 11.4 Å². The van der Waals surface area contributed by atoms with E-state index >= 15 is 0 Å². The van der Waals surface area contributed by atoms with Gasteiger partial charge in [0.05, 0.1) is 17.4 Å². The van der Waals surface area contributed by atoms with Gasteiger partial charge in [-0.25, -0.2) is 0 Å². The molecule has 0 fully saturated rings. The van der Waals surface area contributed by atoms with Crippen LogP contribution in [0.1, 0.15) is 22.3 Å². The minimum Gasteiger partial charge on any atom is -0.325 e. The number of carbonyl (C=O) groups is 1. The van der Waals surface area contributed by atoms with Crippen LogP contribution in [0.4, 0.5) is 5.69 Å². The number of amides is 1. The maximum Gasteiger partial charge on any atom is 0.234 e. The van der Waals surface area contributed by atoms with Crippen LogP contribution in [0.3, 0.4) is 0 Å². The fourth-order valence-corrected chi connectivity index (χ4v) is 2.86. The topological polar surface area (TPSA) is 52.9 Å². The fraction of sp³-hybridized carbons (Fsp3) is 0.222. The van der Waals surface area contributed by atoms with Crippen LogP contribution in [-0.4, -0.2) is 11.7 Å². The van der Waals surface area contributed by atoms with E-state index in [0.29, 0.717) is 11.3 Å². The highest BCUT2D eigenvalue weighted by Gasteiger charge is 2.05. The van der Waals surface area contributed by atoms with Gasteiger partial charge in [0.25, 0.3) is 0 Å². The lowest BCUT2D eigenvalue weighted by Crippen LogP contribution is -2.15. The number of hydrogen-bond donors (Lipinski definition) is 1. The molecule has 0 unspecified atom stereocenters. The van der Waals surface area contributed by atoms with Crippen LogP contribution in [0.5, 0.6) is 0 Å². The fourth-order valence-electron chi connectivity index (χ4n) is 2.08. The molecule has 0 aliphatic rings. The Kier molecular flexibility index (Phi) is 5.62. The average Bonchev–Trinajstić information content (AvgIpc) is 2.51. The second-order valence-electron chi connectivity index (χ2n) is 5.17. The monoisotopic (exact) mass is 310 g/mol. The summed E-state index contributed by atoms with van der Waals surface area (Å²) in [4.78, 5) is 12.0. The molecule has 0 saturated carbocycles. The lowest BCUT2D eigenvalue weighted by molar-refractivity contribution is -0.113. The molecular weight excluding hydrogens is 292 g/mol. The number of nitrogens with one attached hydrogen (secondary N) is 1. The molecular formula is C18H18N2OS. The first-order chi connectivity index (χ1) is 10.6. The SMILES string of the molecule is Cc1ccc(NC(=O)CSCc2ccc(C#N)cc2)c(C)c1. The molecule has 2 aromatic carbocycles. The minimum atomic E-state index is 0.00518. The zero-order chi connectivity index (χ0) is 15.9. The third-order valence-electron chi connectivity index (χ3n) is 3.24. The van der Waals surface area contributed by atoms with E-state index in [2.05, 4.69) is 17.5 Å². The van der Waals surface area contributed by atoms with Gasteiger partial charge in [-0.05, 0) is 43.2 Å². The van der Waals surface area contributed by atoms with Crippen molar-refractivity contribution < 1.29 is 4.79 Å². The summed E-state index contributed by atoms with van der Waals surface area (Å²) in [5.41, 5.74) is 4.90. The molecule has 0 bridgehead atoms. The van der Waals surface area contributed by atoms with E-state index in [1.807, 2.05) is 38.1 Å². The van der Waals surface area contributed by atoms with E-state index in [9.17, 15) is 4.79 Å². The van der Waals surface area contributed by atoms with Crippen molar-refractivity contribution in [2.75, 3.05) is 11.1 Å². The predicted octanol–water partition coefficient (Wildman–Crippen LogP) is 4.05. The van der Waals surface area contributed by atoms with Gasteiger partial charge >= 0.3 is 0 Å². The lowest BCUT2D eigenvalue weighted by Gasteiger charge is -2.09. The Morgan fingerprint density at radius 2 is 1.91 bits per heavy atom. The van der Waals surface area contributed by atoms with Gasteiger partial charge in [0.1, 0.15) is 0 Å². The minimum absolute atomic E-state index is 0.00518. The zero-order valence-corrected chi connectivity index (χ0v) is 13.5. The maximum absolute atomic E-state index is 12.0. The summed E-state index contributed by atoms with van der Waals surface area (Å²) in [6.07, 6.45) is 0. The second kappa shape index (κ2) is 7.67. The molecule has 0 radical (unpaired) electrons. The summed E-state index contributed by atoms with van der Waals surface area (Å²) in [6.45, 7) is 4.03. The van der Waals surface area contributed by atoms with Crippen LogP contribution in [-0.2, 0) is 10.5 Å². The van der Waals surface area contributed by atoms with Gasteiger partial charge in [0.2, 0.25) is 5.91 Å². The Morgan fingerprint density at radius 3 is 2.55 bits per heavy atom. The van der Waals surface area contributed by atoms with Crippen molar-refractivity contribution in [3.05, 3.63) is 64.7 Å². The molecule has 0 aliphatic heterocycles. The van der Waals surface area contributed by atoms with Crippen molar-refractivity contribution in [1.82, 2.24) is 0 Å². The molecule has 3 nitrogen and oxygen atoms in total. The number of hydrogen-bond acceptors (Lipinski definition) is 3. The number of nitriles is 1. The molecule has 0 aliphatic carbocycles. The molecule has 2 aromatic rings. The highest BCUT2D eigenvalue weighted by Crippen LogP contribution is 2.17. The van der Waals surface area contributed by atoms with E-state index in [-0.39, 0.29) is 5.91 Å². The van der Waals surface area contributed by atoms with Crippen LogP contribution in [0.25, 0.3) is 0 Å². The van der Waals surface area contributed by atoms with Crippen molar-refractivity contribution in [3.8, 4) is 6.07 Å². The van der Waals surface area contributed by atoms with Crippen molar-refractivity contribution >= 4 is 23.4 Å². The van der Waals surface area contributed by atoms with Crippen LogP contribution in [0.15, 0.2) is 42.5 Å². The first-order valence-electron chi connectivity index (χ1n) is 7.02. The predicted molar refractivity (Wildman–Crippen MR) is 91.9 cm³/mol. The Balaban J connectivity index is 1.81. The van der Waals surface area contributed by atoms with Crippen LogP contribution in [0, 0.1) is 25.2 Å². The molecule has 0 heterocycles. The number of benzene rings is 2. The summed E-state index contributed by atoms with van der Waals surface area (Å²) in [5.74, 6) is 1.17. The second-order valence-corrected chi connectivity index (χ2v) is 6.15. The standard InChI is InChI=1S/C18H18N2OS/c1-13-3-8-17(14(2)9-13)20-18(21)12-22-11-16-6-4-15(10-19)5-7-16/h3-9H,11-12H2,1-2H3,(H,20,21). The van der Waals surface area contributed by atoms with Gasteiger partial charge in [-0.15, -0.1) is 11.8 Å². The molecule has 0 saturated heterocycles. The lowest BCUT2D eigenvalue weighted by atomic mass is 10.1. The van der Waals surface area contributed by atoms with Crippen LogP contribution in [0.2, 0.25) is 0 Å². The Hall–Kier alpha value is -2.25. The summed E-state index contributed by atoms with van der Waals surface area (Å²) in [5, 5.41) is 11.7. The van der Waals surface area contributed by atoms with E-state index in [0.717, 1.165) is 22.6 Å². The maximum atomic E-state index is 12.0. The quantitative estimate of drug-likeness (QED) is 0.906. The van der Waals surface area contributed by atoms with Gasteiger partial charge in [-0.1, -0.05) is 29.8 Å². The van der Waals surface area contributed by atoms with Gasteiger partial charge < -0.3 is 5.32 Å². The smallest absolute Gasteiger partial charge is 0.234 e. The Bertz CT molecular complexity index is 702. The highest BCUT2D eigenvalue weighted by atomic mass is 32.2. The third kappa shape index (κ3) is 4.64. The number of carbonyl (C=O) groups excluding carboxylic acids is 1. The van der Waals surface area contributed by atoms with Crippen molar-refractivity contribution in [2.24, 2.45) is 0 Å². The summed E-state index contributed by atoms with van der Waals surface area (Å²) < 4.78 is 0. The molecule has 1 N–H and O–H groups in total. The van der Waals surface area contributed by atoms with Gasteiger partial charge in [-0.3, -0.25) is 4.79 Å². The summed E-state index contributed by atoms with van der Waals surface area (Å²) >= 11 is 1.56. The molecule has 2 rings (SSSR count). The molecule has 0 spiro atoms. The van der Waals surface area contributed by atoms with E-state index in [4.69, 9.17) is 5.26 Å². The Labute approximate surface area is 135 Å². The third-order valence-corrected chi connectivity index (χ3v) is 4.24. The average molecular weight is 310 g/mol. The molecule has 0 aromatic heterocycles. The number of nitrogens with zero attached hydrogens (tertiary/aromatic N) is 1. The molecule has 22 heavy (non-hydrogen) atoms. The number of thioether (sulfide) groups is 1. The van der Waals surface area contributed by atoms with Crippen LogP contribution < -0.4 is 5.32 Å². The Morgan fingerprint density at radius 1 is 1.18 bits per heavy atom. The molecule has 1 amide bonds. The van der Waals surface area contributed by atoms with E-state index in [1.54, 1.807) is 23.9 Å². The highest BCUT2D eigenvalue weighted by molar-refractivity contribution is 7.99. The van der Waals surface area contributed by atoms with Crippen molar-refractivity contribution in [2.45, 2.75) is 19.6 Å². The molecule has 0 atom stereocenters. The number of anilines is 1. The molecule has 4 heteroatoms. The van der Waals surface area contributed by atoms with E-state index in [1.165, 1.54) is 5.56 Å². The largest absolute Gasteiger partial charge is 0.325 e. The van der Waals surface area contributed by atoms with Gasteiger partial charge in [-0.2, -0.15) is 5.26 Å². The number of aryl methyl sites for hydroxylation is 2. The van der Waals surface area contributed by atoms with Crippen LogP contribution >= 0.6 is 11.8 Å². The van der Waals surface area contributed by atoms with Crippen molar-refractivity contribution in [3.63, 3.8) is 0 Å². The zero-order valence-electron chi connectivity index (χ0n) is 12.7. The number of rotatable bonds is 5.